The zero-order chi connectivity index (χ0) is 8.85. The van der Waals surface area contributed by atoms with Gasteiger partial charge in [-0.3, -0.25) is 4.79 Å². The van der Waals surface area contributed by atoms with Crippen molar-refractivity contribution in [3.05, 3.63) is 0 Å². The molecule has 0 aromatic heterocycles. The second-order valence-corrected chi connectivity index (χ2v) is 3.15. The molecule has 0 heterocycles. The molecule has 0 fully saturated rings. The number of amides is 1. The van der Waals surface area contributed by atoms with Crippen LogP contribution in [-0.4, -0.2) is 12.1 Å². The van der Waals surface area contributed by atoms with Gasteiger partial charge in [0.25, 0.3) is 0 Å². The van der Waals surface area contributed by atoms with Crippen LogP contribution >= 0.6 is 0 Å². The summed E-state index contributed by atoms with van der Waals surface area (Å²) in [5, 5.41) is 3.77. The Balaban J connectivity index is 3.62. The van der Waals surface area contributed by atoms with Crippen molar-refractivity contribution in [1.29, 1.82) is 0 Å². The Hall–Kier alpha value is -0.860. The first-order chi connectivity index (χ1) is 5.04. The summed E-state index contributed by atoms with van der Waals surface area (Å²) in [4.78, 5) is 10.9. The minimum absolute atomic E-state index is 0.000637. The van der Waals surface area contributed by atoms with Crippen LogP contribution in [0.1, 0.15) is 27.7 Å². The van der Waals surface area contributed by atoms with Gasteiger partial charge in [-0.1, -0.05) is 27.7 Å². The average Bonchev–Trinajstić information content (AvgIpc) is 1.86. The summed E-state index contributed by atoms with van der Waals surface area (Å²) in [6, 6.07) is 0. The monoisotopic (exact) mass is 156 g/mol. The first kappa shape index (κ1) is 10.1. The molecule has 3 heteroatoms. The summed E-state index contributed by atoms with van der Waals surface area (Å²) >= 11 is 0. The molecule has 0 saturated carbocycles. The maximum absolute atomic E-state index is 10.9. The van der Waals surface area contributed by atoms with Crippen LogP contribution in [0.2, 0.25) is 0 Å². The summed E-state index contributed by atoms with van der Waals surface area (Å²) in [6.07, 6.45) is 1.71. The van der Waals surface area contributed by atoms with E-state index in [2.05, 4.69) is 10.5 Å². The van der Waals surface area contributed by atoms with Crippen LogP contribution in [0.25, 0.3) is 0 Å². The van der Waals surface area contributed by atoms with Crippen LogP contribution in [0.5, 0.6) is 0 Å². The van der Waals surface area contributed by atoms with Gasteiger partial charge in [0.05, 0.1) is 0 Å². The third-order valence-corrected chi connectivity index (χ3v) is 1.07. The van der Waals surface area contributed by atoms with E-state index in [0.717, 1.165) is 0 Å². The highest BCUT2D eigenvalue weighted by Crippen LogP contribution is 1.90. The van der Waals surface area contributed by atoms with E-state index in [-0.39, 0.29) is 11.8 Å². The quantitative estimate of drug-likeness (QED) is 0.487. The Labute approximate surface area is 67.9 Å². The molecule has 0 radical (unpaired) electrons. The van der Waals surface area contributed by atoms with Crippen molar-refractivity contribution < 1.29 is 4.79 Å². The van der Waals surface area contributed by atoms with Crippen molar-refractivity contribution in [3.8, 4) is 0 Å². The van der Waals surface area contributed by atoms with Crippen molar-refractivity contribution >= 4 is 12.1 Å². The molecule has 64 valence electrons. The highest BCUT2D eigenvalue weighted by Gasteiger charge is 2.03. The third-order valence-electron chi connectivity index (χ3n) is 1.07. The molecule has 0 aliphatic rings. The molecule has 0 bridgehead atoms. The van der Waals surface area contributed by atoms with E-state index in [9.17, 15) is 4.79 Å². The lowest BCUT2D eigenvalue weighted by Crippen LogP contribution is -2.23. The molecule has 0 saturated heterocycles. The first-order valence-corrected chi connectivity index (χ1v) is 3.87. The van der Waals surface area contributed by atoms with E-state index in [0.29, 0.717) is 5.92 Å². The molecule has 11 heavy (non-hydrogen) atoms. The van der Waals surface area contributed by atoms with Gasteiger partial charge in [-0.05, 0) is 5.92 Å². The summed E-state index contributed by atoms with van der Waals surface area (Å²) in [5.41, 5.74) is 2.44. The fraction of sp³-hybridized carbons (Fsp3) is 0.750. The van der Waals surface area contributed by atoms with E-state index < -0.39 is 0 Å². The van der Waals surface area contributed by atoms with Gasteiger partial charge < -0.3 is 0 Å². The molecule has 0 unspecified atom stereocenters. The molecule has 3 nitrogen and oxygen atoms in total. The number of carbonyl (C=O) groups excluding carboxylic acids is 1. The smallest absolute Gasteiger partial charge is 0.242 e. The van der Waals surface area contributed by atoms with Crippen LogP contribution in [0.3, 0.4) is 0 Å². The zero-order valence-corrected chi connectivity index (χ0v) is 7.59. The second kappa shape index (κ2) is 4.88. The number of nitrogens with one attached hydrogen (secondary N) is 1. The molecule has 0 aromatic rings. The van der Waals surface area contributed by atoms with Crippen molar-refractivity contribution in [3.63, 3.8) is 0 Å². The fourth-order valence-corrected chi connectivity index (χ4v) is 0.379. The molecule has 0 spiro atoms. The Morgan fingerprint density at radius 1 is 1.36 bits per heavy atom. The molecular formula is C8H16N2O. The van der Waals surface area contributed by atoms with E-state index >= 15 is 0 Å². The van der Waals surface area contributed by atoms with E-state index in [1.165, 1.54) is 0 Å². The lowest BCUT2D eigenvalue weighted by molar-refractivity contribution is -0.123. The van der Waals surface area contributed by atoms with Gasteiger partial charge in [-0.15, -0.1) is 0 Å². The van der Waals surface area contributed by atoms with E-state index in [1.54, 1.807) is 6.21 Å². The molecule has 1 N–H and O–H groups in total. The number of rotatable bonds is 3. The SMILES string of the molecule is CC(C)C=NNC(=O)C(C)C. The molecule has 0 aliphatic heterocycles. The van der Waals surface area contributed by atoms with Gasteiger partial charge in [0.2, 0.25) is 5.91 Å². The standard InChI is InChI=1S/C8H16N2O/c1-6(2)5-9-10-8(11)7(3)4/h5-7H,1-4H3,(H,10,11). The maximum Gasteiger partial charge on any atom is 0.242 e. The van der Waals surface area contributed by atoms with Gasteiger partial charge in [0.1, 0.15) is 0 Å². The van der Waals surface area contributed by atoms with Gasteiger partial charge in [0.15, 0.2) is 0 Å². The van der Waals surface area contributed by atoms with Gasteiger partial charge >= 0.3 is 0 Å². The molecule has 1 amide bonds. The Kier molecular flexibility index (Phi) is 4.50. The highest BCUT2D eigenvalue weighted by molar-refractivity contribution is 5.78. The zero-order valence-electron chi connectivity index (χ0n) is 7.59. The maximum atomic E-state index is 10.9. The molecule has 0 aliphatic carbocycles. The van der Waals surface area contributed by atoms with Gasteiger partial charge in [-0.2, -0.15) is 5.10 Å². The number of hydrogen-bond acceptors (Lipinski definition) is 2. The molecule has 0 aromatic carbocycles. The minimum Gasteiger partial charge on any atom is -0.273 e. The summed E-state index contributed by atoms with van der Waals surface area (Å²) in [6.45, 7) is 7.68. The third kappa shape index (κ3) is 5.58. The highest BCUT2D eigenvalue weighted by atomic mass is 16.2. The Morgan fingerprint density at radius 2 is 1.91 bits per heavy atom. The fourth-order valence-electron chi connectivity index (χ4n) is 0.379. The lowest BCUT2D eigenvalue weighted by atomic mass is 10.2. The Bertz CT molecular complexity index is 150. The normalized spacial score (nSPS) is 11.5. The van der Waals surface area contributed by atoms with Crippen molar-refractivity contribution in [2.45, 2.75) is 27.7 Å². The predicted octanol–water partition coefficient (Wildman–Crippen LogP) is 1.40. The largest absolute Gasteiger partial charge is 0.273 e. The Morgan fingerprint density at radius 3 is 2.27 bits per heavy atom. The van der Waals surface area contributed by atoms with Crippen LogP contribution in [0, 0.1) is 11.8 Å². The molecule has 0 rings (SSSR count). The van der Waals surface area contributed by atoms with Crippen molar-refractivity contribution in [2.24, 2.45) is 16.9 Å². The summed E-state index contributed by atoms with van der Waals surface area (Å²) in [7, 11) is 0. The summed E-state index contributed by atoms with van der Waals surface area (Å²) in [5.74, 6) is 0.337. The first-order valence-electron chi connectivity index (χ1n) is 3.87. The number of nitrogens with zero attached hydrogens (tertiary/aromatic N) is 1. The second-order valence-electron chi connectivity index (χ2n) is 3.15. The van der Waals surface area contributed by atoms with E-state index in [4.69, 9.17) is 0 Å². The van der Waals surface area contributed by atoms with Crippen LogP contribution in [-0.2, 0) is 4.79 Å². The molecular weight excluding hydrogens is 140 g/mol. The number of hydrazone groups is 1. The van der Waals surface area contributed by atoms with E-state index in [1.807, 2.05) is 27.7 Å². The summed E-state index contributed by atoms with van der Waals surface area (Å²) < 4.78 is 0. The van der Waals surface area contributed by atoms with Gasteiger partial charge in [-0.25, -0.2) is 5.43 Å². The topological polar surface area (TPSA) is 41.5 Å². The number of hydrogen-bond donors (Lipinski definition) is 1. The van der Waals surface area contributed by atoms with Crippen LogP contribution in [0.4, 0.5) is 0 Å². The van der Waals surface area contributed by atoms with Crippen molar-refractivity contribution in [2.75, 3.05) is 0 Å². The van der Waals surface area contributed by atoms with Crippen molar-refractivity contribution in [1.82, 2.24) is 5.43 Å². The van der Waals surface area contributed by atoms with Gasteiger partial charge in [0, 0.05) is 12.1 Å². The number of carbonyl (C=O) groups is 1. The molecule has 0 atom stereocenters. The average molecular weight is 156 g/mol. The minimum atomic E-state index is -0.0399. The van der Waals surface area contributed by atoms with Crippen LogP contribution < -0.4 is 5.43 Å². The van der Waals surface area contributed by atoms with Crippen LogP contribution in [0.15, 0.2) is 5.10 Å². The predicted molar refractivity (Wildman–Crippen MR) is 46.3 cm³/mol. The lowest BCUT2D eigenvalue weighted by Gasteiger charge is -2.01.